The highest BCUT2D eigenvalue weighted by molar-refractivity contribution is 7.84. The number of carbonyl (C=O) groups is 1. The quantitative estimate of drug-likeness (QED) is 0.787. The molecule has 7 heteroatoms. The van der Waals surface area contributed by atoms with Crippen LogP contribution in [0.1, 0.15) is 22.4 Å². The van der Waals surface area contributed by atoms with E-state index in [0.717, 1.165) is 5.01 Å². The second-order valence-corrected chi connectivity index (χ2v) is 6.09. The first kappa shape index (κ1) is 13.3. The van der Waals surface area contributed by atoms with E-state index >= 15 is 0 Å². The number of thiazole rings is 1. The van der Waals surface area contributed by atoms with Gasteiger partial charge in [-0.15, -0.1) is 11.3 Å². The van der Waals surface area contributed by atoms with Gasteiger partial charge in [0.05, 0.1) is 0 Å². The molecular weight excluding hydrogens is 246 g/mol. The molecule has 0 saturated heterocycles. The fourth-order valence-electron chi connectivity index (χ4n) is 0.953. The van der Waals surface area contributed by atoms with Crippen LogP contribution in [0.25, 0.3) is 0 Å². The first-order chi connectivity index (χ1) is 7.54. The lowest BCUT2D eigenvalue weighted by atomic mass is 10.4. The van der Waals surface area contributed by atoms with Crippen molar-refractivity contribution in [2.24, 2.45) is 5.73 Å². The summed E-state index contributed by atoms with van der Waals surface area (Å²) >= 11 is 1.36. The van der Waals surface area contributed by atoms with Crippen molar-refractivity contribution < 1.29 is 9.00 Å². The van der Waals surface area contributed by atoms with Gasteiger partial charge >= 0.3 is 0 Å². The third-order valence-corrected chi connectivity index (χ3v) is 4.25. The van der Waals surface area contributed by atoms with Crippen molar-refractivity contribution in [1.82, 2.24) is 10.3 Å². The maximum atomic E-state index is 11.6. The molecule has 1 aromatic rings. The van der Waals surface area contributed by atoms with Crippen LogP contribution in [0.5, 0.6) is 0 Å². The summed E-state index contributed by atoms with van der Waals surface area (Å²) in [5.74, 6) is -0.242. The van der Waals surface area contributed by atoms with E-state index in [-0.39, 0.29) is 11.2 Å². The molecule has 0 bridgehead atoms. The highest BCUT2D eigenvalue weighted by Crippen LogP contribution is 2.08. The van der Waals surface area contributed by atoms with Crippen LogP contribution in [0.15, 0.2) is 5.38 Å². The van der Waals surface area contributed by atoms with E-state index in [2.05, 4.69) is 10.3 Å². The molecule has 90 valence electrons. The van der Waals surface area contributed by atoms with E-state index < -0.39 is 10.8 Å². The third kappa shape index (κ3) is 3.66. The Morgan fingerprint density at radius 1 is 1.75 bits per heavy atom. The van der Waals surface area contributed by atoms with Crippen molar-refractivity contribution in [3.8, 4) is 0 Å². The number of carbonyl (C=O) groups excluding carboxylic acids is 1. The Hall–Kier alpha value is -0.790. The summed E-state index contributed by atoms with van der Waals surface area (Å²) in [4.78, 5) is 15.7. The molecule has 0 aliphatic heterocycles. The lowest BCUT2D eigenvalue weighted by Gasteiger charge is -2.08. The smallest absolute Gasteiger partial charge is 0.270 e. The van der Waals surface area contributed by atoms with E-state index in [1.807, 2.05) is 6.92 Å². The van der Waals surface area contributed by atoms with Crippen LogP contribution in [0.3, 0.4) is 0 Å². The predicted molar refractivity (Wildman–Crippen MR) is 65.9 cm³/mol. The third-order valence-electron chi connectivity index (χ3n) is 2.08. The van der Waals surface area contributed by atoms with E-state index in [1.54, 1.807) is 11.6 Å². The number of aromatic nitrogens is 1. The van der Waals surface area contributed by atoms with E-state index in [0.29, 0.717) is 18.8 Å². The molecule has 0 aliphatic carbocycles. The van der Waals surface area contributed by atoms with Crippen LogP contribution in [0.4, 0.5) is 0 Å². The first-order valence-corrected chi connectivity index (χ1v) is 7.29. The Balaban J connectivity index is 2.49. The average molecular weight is 261 g/mol. The van der Waals surface area contributed by atoms with Crippen molar-refractivity contribution in [3.05, 3.63) is 16.1 Å². The van der Waals surface area contributed by atoms with Crippen LogP contribution < -0.4 is 11.1 Å². The summed E-state index contributed by atoms with van der Waals surface area (Å²) < 4.78 is 11.1. The second-order valence-electron chi connectivity index (χ2n) is 3.35. The van der Waals surface area contributed by atoms with Gasteiger partial charge in [0, 0.05) is 40.8 Å². The van der Waals surface area contributed by atoms with Crippen molar-refractivity contribution >= 4 is 28.0 Å². The van der Waals surface area contributed by atoms with Gasteiger partial charge in [-0.2, -0.15) is 0 Å². The Morgan fingerprint density at radius 3 is 2.94 bits per heavy atom. The number of hydrogen-bond donors (Lipinski definition) is 2. The van der Waals surface area contributed by atoms with Gasteiger partial charge < -0.3 is 11.1 Å². The molecule has 0 radical (unpaired) electrons. The van der Waals surface area contributed by atoms with Gasteiger partial charge in [-0.05, 0) is 6.92 Å². The molecule has 0 aliphatic rings. The average Bonchev–Trinajstić information content (AvgIpc) is 2.73. The number of nitrogens with zero attached hydrogens (tertiary/aromatic N) is 1. The van der Waals surface area contributed by atoms with Crippen LogP contribution in [0, 0.1) is 0 Å². The minimum Gasteiger partial charge on any atom is -0.349 e. The van der Waals surface area contributed by atoms with Crippen molar-refractivity contribution in [1.29, 1.82) is 0 Å². The Morgan fingerprint density at radius 2 is 2.44 bits per heavy atom. The molecule has 1 amide bonds. The van der Waals surface area contributed by atoms with Crippen molar-refractivity contribution in [2.75, 3.05) is 12.8 Å². The zero-order valence-electron chi connectivity index (χ0n) is 9.23. The Bertz CT molecular complexity index is 392. The van der Waals surface area contributed by atoms with Gasteiger partial charge in [-0.1, -0.05) is 0 Å². The topological polar surface area (TPSA) is 85.1 Å². The molecule has 5 nitrogen and oxygen atoms in total. The van der Waals surface area contributed by atoms with E-state index in [9.17, 15) is 9.00 Å². The summed E-state index contributed by atoms with van der Waals surface area (Å²) in [6.07, 6.45) is 1.62. The predicted octanol–water partition coefficient (Wildman–Crippen LogP) is 0.0986. The molecule has 0 saturated carbocycles. The van der Waals surface area contributed by atoms with Gasteiger partial charge in [0.25, 0.3) is 5.91 Å². The molecule has 1 rings (SSSR count). The van der Waals surface area contributed by atoms with Gasteiger partial charge in [0.15, 0.2) is 0 Å². The number of rotatable bonds is 5. The maximum Gasteiger partial charge on any atom is 0.270 e. The largest absolute Gasteiger partial charge is 0.349 e. The van der Waals surface area contributed by atoms with Crippen LogP contribution >= 0.6 is 11.3 Å². The second kappa shape index (κ2) is 6.07. The Kier molecular flexibility index (Phi) is 5.04. The van der Waals surface area contributed by atoms with Crippen LogP contribution in [-0.2, 0) is 17.3 Å². The van der Waals surface area contributed by atoms with Crippen molar-refractivity contribution in [3.63, 3.8) is 0 Å². The number of nitrogens with two attached hydrogens (primary N) is 1. The lowest BCUT2D eigenvalue weighted by molar-refractivity contribution is 0.0949. The molecular formula is C9H15N3O2S2. The SMILES string of the molecule is CC(CNC(=O)c1csc(CN)n1)S(C)=O. The molecule has 2 atom stereocenters. The first-order valence-electron chi connectivity index (χ1n) is 4.79. The maximum absolute atomic E-state index is 11.6. The molecule has 1 heterocycles. The summed E-state index contributed by atoms with van der Waals surface area (Å²) in [7, 11) is -0.932. The summed E-state index contributed by atoms with van der Waals surface area (Å²) in [5.41, 5.74) is 5.78. The van der Waals surface area contributed by atoms with Gasteiger partial charge in [0.2, 0.25) is 0 Å². The lowest BCUT2D eigenvalue weighted by Crippen LogP contribution is -2.32. The number of hydrogen-bond acceptors (Lipinski definition) is 5. The zero-order chi connectivity index (χ0) is 12.1. The minimum absolute atomic E-state index is 0.0587. The molecule has 16 heavy (non-hydrogen) atoms. The van der Waals surface area contributed by atoms with E-state index in [1.165, 1.54) is 11.3 Å². The van der Waals surface area contributed by atoms with Crippen LogP contribution in [0.2, 0.25) is 0 Å². The number of amides is 1. The zero-order valence-corrected chi connectivity index (χ0v) is 10.9. The highest BCUT2D eigenvalue weighted by atomic mass is 32.2. The molecule has 1 aromatic heterocycles. The minimum atomic E-state index is -0.932. The highest BCUT2D eigenvalue weighted by Gasteiger charge is 2.12. The van der Waals surface area contributed by atoms with Gasteiger partial charge in [-0.25, -0.2) is 4.98 Å². The van der Waals surface area contributed by atoms with E-state index in [4.69, 9.17) is 5.73 Å². The van der Waals surface area contributed by atoms with Crippen LogP contribution in [-0.4, -0.2) is 33.2 Å². The number of nitrogens with one attached hydrogen (secondary N) is 1. The fraction of sp³-hybridized carbons (Fsp3) is 0.556. The van der Waals surface area contributed by atoms with Gasteiger partial charge in [-0.3, -0.25) is 9.00 Å². The van der Waals surface area contributed by atoms with Crippen molar-refractivity contribution in [2.45, 2.75) is 18.7 Å². The molecule has 0 spiro atoms. The fourth-order valence-corrected chi connectivity index (χ4v) is 1.93. The molecule has 3 N–H and O–H groups in total. The summed E-state index contributed by atoms with van der Waals surface area (Å²) in [6, 6.07) is 0. The monoisotopic (exact) mass is 261 g/mol. The Labute approximate surface area is 101 Å². The standard InChI is InChI=1S/C9H15N3O2S2/c1-6(16(2)14)4-11-9(13)7-5-15-8(3-10)12-7/h5-6H,3-4,10H2,1-2H3,(H,11,13). The molecule has 0 aromatic carbocycles. The normalized spacial score (nSPS) is 14.4. The summed E-state index contributed by atoms with van der Waals surface area (Å²) in [6.45, 7) is 2.55. The van der Waals surface area contributed by atoms with Gasteiger partial charge in [0.1, 0.15) is 10.7 Å². The molecule has 0 fully saturated rings. The summed E-state index contributed by atoms with van der Waals surface area (Å²) in [5, 5.41) is 5.04. The molecule has 2 unspecified atom stereocenters.